The van der Waals surface area contributed by atoms with E-state index in [-0.39, 0.29) is 0 Å². The molecule has 0 fully saturated rings. The molecule has 17 heavy (non-hydrogen) atoms. The van der Waals surface area contributed by atoms with Crippen LogP contribution < -0.4 is 0 Å². The fourth-order valence-corrected chi connectivity index (χ4v) is 2.27. The molecule has 0 N–H and O–H groups in total. The first-order valence-electron chi connectivity index (χ1n) is 7.51. The van der Waals surface area contributed by atoms with E-state index < -0.39 is 0 Å². The Bertz CT molecular complexity index is 275. The quantitative estimate of drug-likeness (QED) is 0.492. The summed E-state index contributed by atoms with van der Waals surface area (Å²) in [7, 11) is 0. The Balaban J connectivity index is 1.93. The smallest absolute Gasteiger partial charge is 0.0219 e. The van der Waals surface area contributed by atoms with Gasteiger partial charge in [-0.3, -0.25) is 0 Å². The van der Waals surface area contributed by atoms with Crippen LogP contribution in [0.4, 0.5) is 0 Å². The van der Waals surface area contributed by atoms with Gasteiger partial charge in [0.1, 0.15) is 0 Å². The van der Waals surface area contributed by atoms with E-state index >= 15 is 0 Å². The topological polar surface area (TPSA) is 4.93 Å². The molecular formula is C16H29N. The molecular weight excluding hydrogens is 206 g/mol. The number of hydrogen-bond acceptors (Lipinski definition) is 0. The average Bonchev–Trinajstić information content (AvgIpc) is 2.80. The van der Waals surface area contributed by atoms with Crippen molar-refractivity contribution < 1.29 is 0 Å². The summed E-state index contributed by atoms with van der Waals surface area (Å²) in [4.78, 5) is 0. The van der Waals surface area contributed by atoms with Gasteiger partial charge in [0.2, 0.25) is 0 Å². The normalized spacial score (nSPS) is 10.9. The predicted octanol–water partition coefficient (Wildman–Crippen LogP) is 5.19. The summed E-state index contributed by atoms with van der Waals surface area (Å²) in [5.41, 5.74) is 1.46. The molecule has 1 aromatic heterocycles. The van der Waals surface area contributed by atoms with Gasteiger partial charge in [-0.2, -0.15) is 0 Å². The van der Waals surface area contributed by atoms with E-state index in [2.05, 4.69) is 36.9 Å². The number of rotatable bonds is 10. The lowest BCUT2D eigenvalue weighted by atomic mass is 10.1. The summed E-state index contributed by atoms with van der Waals surface area (Å²) in [6, 6.07) is 2.24. The van der Waals surface area contributed by atoms with E-state index in [0.29, 0.717) is 0 Å². The maximum Gasteiger partial charge on any atom is 0.0219 e. The minimum absolute atomic E-state index is 1.16. The zero-order valence-electron chi connectivity index (χ0n) is 11.8. The lowest BCUT2D eigenvalue weighted by molar-refractivity contribution is 0.544. The standard InChI is InChI=1S/C16H29N/c1-3-5-6-7-8-9-10-11-13-17-14-12-16(4-2)15-17/h12,14-15H,3-11,13H2,1-2H3. The number of hydrogen-bond donors (Lipinski definition) is 0. The molecule has 0 spiro atoms. The molecule has 0 unspecified atom stereocenters. The first-order valence-corrected chi connectivity index (χ1v) is 7.51. The number of aryl methyl sites for hydroxylation is 2. The first-order chi connectivity index (χ1) is 8.36. The molecule has 0 saturated heterocycles. The van der Waals surface area contributed by atoms with Gasteiger partial charge in [0.05, 0.1) is 0 Å². The Labute approximate surface area is 107 Å². The van der Waals surface area contributed by atoms with Crippen molar-refractivity contribution in [2.24, 2.45) is 0 Å². The molecule has 1 heteroatoms. The average molecular weight is 235 g/mol. The summed E-state index contributed by atoms with van der Waals surface area (Å²) < 4.78 is 2.34. The number of aromatic nitrogens is 1. The Kier molecular flexibility index (Phi) is 7.87. The Morgan fingerprint density at radius 3 is 2.12 bits per heavy atom. The van der Waals surface area contributed by atoms with E-state index in [4.69, 9.17) is 0 Å². The van der Waals surface area contributed by atoms with Gasteiger partial charge in [0.15, 0.2) is 0 Å². The molecule has 0 radical (unpaired) electrons. The first kappa shape index (κ1) is 14.3. The molecule has 0 aromatic carbocycles. The summed E-state index contributed by atoms with van der Waals surface area (Å²) in [6.07, 6.45) is 16.9. The predicted molar refractivity (Wildman–Crippen MR) is 76.4 cm³/mol. The second-order valence-electron chi connectivity index (χ2n) is 5.09. The largest absolute Gasteiger partial charge is 0.354 e. The Hall–Kier alpha value is -0.720. The highest BCUT2D eigenvalue weighted by molar-refractivity contribution is 5.09. The van der Waals surface area contributed by atoms with Crippen LogP contribution in [0.15, 0.2) is 18.5 Å². The summed E-state index contributed by atoms with van der Waals surface area (Å²) in [5.74, 6) is 0. The van der Waals surface area contributed by atoms with Crippen LogP contribution in [0.5, 0.6) is 0 Å². The minimum atomic E-state index is 1.16. The fourth-order valence-electron chi connectivity index (χ4n) is 2.27. The van der Waals surface area contributed by atoms with Crippen LogP contribution in [0.25, 0.3) is 0 Å². The van der Waals surface area contributed by atoms with Crippen molar-refractivity contribution in [3.05, 3.63) is 24.0 Å². The second-order valence-corrected chi connectivity index (χ2v) is 5.09. The molecule has 0 aliphatic rings. The SMILES string of the molecule is CCCCCCCCCCn1ccc(CC)c1. The van der Waals surface area contributed by atoms with Crippen molar-refractivity contribution in [1.29, 1.82) is 0 Å². The minimum Gasteiger partial charge on any atom is -0.354 e. The molecule has 1 aromatic rings. The van der Waals surface area contributed by atoms with E-state index in [1.807, 2.05) is 0 Å². The number of unbranched alkanes of at least 4 members (excludes halogenated alkanes) is 7. The maximum atomic E-state index is 2.34. The van der Waals surface area contributed by atoms with Crippen LogP contribution in [-0.4, -0.2) is 4.57 Å². The second kappa shape index (κ2) is 9.32. The number of nitrogens with zero attached hydrogens (tertiary/aromatic N) is 1. The van der Waals surface area contributed by atoms with Crippen LogP contribution in [0.1, 0.15) is 70.8 Å². The van der Waals surface area contributed by atoms with Crippen molar-refractivity contribution in [3.8, 4) is 0 Å². The summed E-state index contributed by atoms with van der Waals surface area (Å²) in [6.45, 7) is 5.70. The summed E-state index contributed by atoms with van der Waals surface area (Å²) in [5, 5.41) is 0. The summed E-state index contributed by atoms with van der Waals surface area (Å²) >= 11 is 0. The molecule has 0 amide bonds. The van der Waals surface area contributed by atoms with Gasteiger partial charge < -0.3 is 4.57 Å². The molecule has 1 rings (SSSR count). The molecule has 98 valence electrons. The Morgan fingerprint density at radius 1 is 0.882 bits per heavy atom. The van der Waals surface area contributed by atoms with E-state index in [0.717, 1.165) is 6.42 Å². The van der Waals surface area contributed by atoms with Crippen LogP contribution in [0.2, 0.25) is 0 Å². The molecule has 0 atom stereocenters. The van der Waals surface area contributed by atoms with Crippen molar-refractivity contribution in [1.82, 2.24) is 4.57 Å². The molecule has 0 bridgehead atoms. The lowest BCUT2D eigenvalue weighted by Crippen LogP contribution is -1.94. The van der Waals surface area contributed by atoms with Crippen molar-refractivity contribution in [2.45, 2.75) is 78.2 Å². The monoisotopic (exact) mass is 235 g/mol. The zero-order chi connectivity index (χ0) is 12.3. The molecule has 0 aliphatic heterocycles. The maximum absolute atomic E-state index is 2.34. The van der Waals surface area contributed by atoms with E-state index in [9.17, 15) is 0 Å². The van der Waals surface area contributed by atoms with Crippen LogP contribution in [0.3, 0.4) is 0 Å². The molecule has 1 nitrogen and oxygen atoms in total. The highest BCUT2D eigenvalue weighted by atomic mass is 14.9. The third kappa shape index (κ3) is 6.55. The van der Waals surface area contributed by atoms with Crippen molar-refractivity contribution >= 4 is 0 Å². The van der Waals surface area contributed by atoms with Crippen molar-refractivity contribution in [2.75, 3.05) is 0 Å². The van der Waals surface area contributed by atoms with Gasteiger partial charge >= 0.3 is 0 Å². The zero-order valence-corrected chi connectivity index (χ0v) is 11.8. The Morgan fingerprint density at radius 2 is 1.53 bits per heavy atom. The third-order valence-electron chi connectivity index (χ3n) is 3.49. The molecule has 0 saturated carbocycles. The van der Waals surface area contributed by atoms with Crippen LogP contribution >= 0.6 is 0 Å². The molecule has 0 aliphatic carbocycles. The van der Waals surface area contributed by atoms with Crippen LogP contribution in [-0.2, 0) is 13.0 Å². The van der Waals surface area contributed by atoms with Gasteiger partial charge in [-0.25, -0.2) is 0 Å². The van der Waals surface area contributed by atoms with Gasteiger partial charge in [-0.1, -0.05) is 58.8 Å². The highest BCUT2D eigenvalue weighted by Gasteiger charge is 1.95. The fraction of sp³-hybridized carbons (Fsp3) is 0.750. The third-order valence-corrected chi connectivity index (χ3v) is 3.49. The van der Waals surface area contributed by atoms with Gasteiger partial charge in [0, 0.05) is 18.9 Å². The highest BCUT2D eigenvalue weighted by Crippen LogP contribution is 2.10. The molecule has 1 heterocycles. The van der Waals surface area contributed by atoms with E-state index in [1.54, 1.807) is 0 Å². The van der Waals surface area contributed by atoms with Crippen LogP contribution in [0, 0.1) is 0 Å². The van der Waals surface area contributed by atoms with Gasteiger partial charge in [0.25, 0.3) is 0 Å². The van der Waals surface area contributed by atoms with Crippen molar-refractivity contribution in [3.63, 3.8) is 0 Å². The lowest BCUT2D eigenvalue weighted by Gasteiger charge is -2.03. The van der Waals surface area contributed by atoms with Gasteiger partial charge in [-0.15, -0.1) is 0 Å². The van der Waals surface area contributed by atoms with Gasteiger partial charge in [-0.05, 0) is 24.5 Å². The van der Waals surface area contributed by atoms with E-state index in [1.165, 1.54) is 63.5 Å².